The lowest BCUT2D eigenvalue weighted by Gasteiger charge is -2.36. The lowest BCUT2D eigenvalue weighted by atomic mass is 9.92. The summed E-state index contributed by atoms with van der Waals surface area (Å²) in [7, 11) is 0. The van der Waals surface area contributed by atoms with E-state index in [1.165, 1.54) is 6.08 Å². The van der Waals surface area contributed by atoms with Gasteiger partial charge in [0.15, 0.2) is 0 Å². The Balaban J connectivity index is 1.60. The van der Waals surface area contributed by atoms with Crippen LogP contribution in [0.3, 0.4) is 0 Å². The van der Waals surface area contributed by atoms with E-state index >= 15 is 0 Å². The van der Waals surface area contributed by atoms with Crippen molar-refractivity contribution in [1.29, 1.82) is 5.26 Å². The van der Waals surface area contributed by atoms with Crippen molar-refractivity contribution in [2.24, 2.45) is 0 Å². The number of anilines is 1. The molecule has 0 unspecified atom stereocenters. The monoisotopic (exact) mass is 478 g/mol. The first-order chi connectivity index (χ1) is 17.6. The van der Waals surface area contributed by atoms with Gasteiger partial charge in [-0.05, 0) is 48.4 Å². The van der Waals surface area contributed by atoms with E-state index in [-0.39, 0.29) is 5.91 Å². The Morgan fingerprint density at radius 1 is 1.22 bits per heavy atom. The number of aromatic nitrogens is 3. The number of aromatic amines is 1. The number of nitrogens with one attached hydrogen (secondary N) is 1. The molecule has 0 spiro atoms. The topological polar surface area (TPSA) is 98.1 Å². The normalized spacial score (nSPS) is 13.4. The first-order valence-corrected chi connectivity index (χ1v) is 11.8. The Morgan fingerprint density at radius 2 is 2.06 bits per heavy atom. The highest BCUT2D eigenvalue weighted by molar-refractivity contribution is 5.99. The van der Waals surface area contributed by atoms with Crippen molar-refractivity contribution in [3.05, 3.63) is 84.3 Å². The number of hydrogen-bond acceptors (Lipinski definition) is 6. The summed E-state index contributed by atoms with van der Waals surface area (Å²) in [5, 5.41) is 18.5. The molecule has 3 heterocycles. The van der Waals surface area contributed by atoms with Crippen LogP contribution in [-0.2, 0) is 11.4 Å². The van der Waals surface area contributed by atoms with E-state index in [2.05, 4.69) is 32.7 Å². The largest absolute Gasteiger partial charge is 0.487 e. The number of carbonyl (C=O) groups excluding carboxylic acids is 1. The lowest BCUT2D eigenvalue weighted by Crippen LogP contribution is -2.48. The summed E-state index contributed by atoms with van der Waals surface area (Å²) in [5.41, 5.74) is 5.85. The summed E-state index contributed by atoms with van der Waals surface area (Å²) in [5.74, 6) is 0.569. The number of nitrogens with zero attached hydrogens (tertiary/aromatic N) is 5. The highest BCUT2D eigenvalue weighted by atomic mass is 16.5. The molecule has 180 valence electrons. The van der Waals surface area contributed by atoms with Gasteiger partial charge in [0.1, 0.15) is 18.4 Å². The van der Waals surface area contributed by atoms with Gasteiger partial charge >= 0.3 is 0 Å². The second-order valence-corrected chi connectivity index (χ2v) is 8.69. The molecule has 0 atom stereocenters. The molecule has 2 aromatic carbocycles. The Morgan fingerprint density at radius 3 is 2.78 bits per heavy atom. The highest BCUT2D eigenvalue weighted by Crippen LogP contribution is 2.40. The third-order valence-electron chi connectivity index (χ3n) is 6.52. The minimum Gasteiger partial charge on any atom is -0.487 e. The maximum atomic E-state index is 12.1. The first kappa shape index (κ1) is 23.1. The van der Waals surface area contributed by atoms with E-state index in [1.54, 1.807) is 17.3 Å². The Labute approximate surface area is 209 Å². The van der Waals surface area contributed by atoms with Gasteiger partial charge in [0.05, 0.1) is 28.7 Å². The van der Waals surface area contributed by atoms with Gasteiger partial charge in [0.25, 0.3) is 0 Å². The van der Waals surface area contributed by atoms with Crippen LogP contribution in [0.1, 0.15) is 16.8 Å². The minimum absolute atomic E-state index is 0.0782. The number of amides is 1. The number of rotatable bonds is 6. The average Bonchev–Trinajstić information content (AvgIpc) is 3.40. The van der Waals surface area contributed by atoms with Crippen LogP contribution >= 0.6 is 0 Å². The molecule has 1 saturated heterocycles. The van der Waals surface area contributed by atoms with Crippen LogP contribution in [-0.4, -0.2) is 52.2 Å². The van der Waals surface area contributed by atoms with Gasteiger partial charge < -0.3 is 14.5 Å². The predicted molar refractivity (Wildman–Crippen MR) is 139 cm³/mol. The van der Waals surface area contributed by atoms with Crippen LogP contribution in [0.2, 0.25) is 0 Å². The third-order valence-corrected chi connectivity index (χ3v) is 6.52. The fourth-order valence-corrected chi connectivity index (χ4v) is 4.67. The number of ether oxygens (including phenoxy) is 1. The van der Waals surface area contributed by atoms with E-state index in [0.29, 0.717) is 44.1 Å². The molecule has 5 rings (SSSR count). The third kappa shape index (κ3) is 4.39. The second kappa shape index (κ2) is 9.92. The zero-order valence-corrected chi connectivity index (χ0v) is 20.1. The van der Waals surface area contributed by atoms with Crippen LogP contribution in [0.15, 0.2) is 67.5 Å². The number of H-pyrrole nitrogens is 1. The summed E-state index contributed by atoms with van der Waals surface area (Å²) in [6, 6.07) is 16.0. The zero-order valence-electron chi connectivity index (χ0n) is 20.1. The molecule has 8 heteroatoms. The number of hydrogen-bond donors (Lipinski definition) is 1. The maximum Gasteiger partial charge on any atom is 0.246 e. The quantitative estimate of drug-likeness (QED) is 0.417. The molecule has 1 fully saturated rings. The van der Waals surface area contributed by atoms with Crippen molar-refractivity contribution < 1.29 is 9.53 Å². The van der Waals surface area contributed by atoms with Crippen molar-refractivity contribution in [1.82, 2.24) is 20.1 Å². The number of piperazine rings is 1. The van der Waals surface area contributed by atoms with Crippen molar-refractivity contribution in [2.45, 2.75) is 13.5 Å². The molecular formula is C28H26N6O2. The van der Waals surface area contributed by atoms with E-state index in [4.69, 9.17) is 4.74 Å². The molecule has 1 amide bonds. The van der Waals surface area contributed by atoms with Gasteiger partial charge in [0, 0.05) is 49.4 Å². The number of aryl methyl sites for hydroxylation is 1. The predicted octanol–water partition coefficient (Wildman–Crippen LogP) is 4.22. The van der Waals surface area contributed by atoms with Gasteiger partial charge in [0.2, 0.25) is 5.91 Å². The number of pyridine rings is 1. The van der Waals surface area contributed by atoms with Crippen LogP contribution in [0.4, 0.5) is 5.69 Å². The molecular weight excluding hydrogens is 452 g/mol. The summed E-state index contributed by atoms with van der Waals surface area (Å²) in [6.07, 6.45) is 4.87. The van der Waals surface area contributed by atoms with Crippen LogP contribution in [0.5, 0.6) is 5.75 Å². The molecule has 8 nitrogen and oxygen atoms in total. The van der Waals surface area contributed by atoms with E-state index in [9.17, 15) is 10.1 Å². The molecule has 0 saturated carbocycles. The second-order valence-electron chi connectivity index (χ2n) is 8.69. The number of benzene rings is 2. The van der Waals surface area contributed by atoms with Crippen LogP contribution in [0.25, 0.3) is 22.0 Å². The zero-order chi connectivity index (χ0) is 25.1. The molecule has 0 radical (unpaired) electrons. The Kier molecular flexibility index (Phi) is 6.37. The molecule has 1 aliphatic heterocycles. The molecule has 1 N–H and O–H groups in total. The van der Waals surface area contributed by atoms with Gasteiger partial charge in [-0.15, -0.1) is 0 Å². The van der Waals surface area contributed by atoms with Crippen molar-refractivity contribution in [3.8, 4) is 22.9 Å². The number of fused-ring (bicyclic) bond motifs is 1. The van der Waals surface area contributed by atoms with Crippen molar-refractivity contribution in [3.63, 3.8) is 0 Å². The van der Waals surface area contributed by atoms with Gasteiger partial charge in [-0.3, -0.25) is 14.9 Å². The first-order valence-electron chi connectivity index (χ1n) is 11.8. The molecule has 0 aliphatic carbocycles. The number of carbonyl (C=O) groups is 1. The highest BCUT2D eigenvalue weighted by Gasteiger charge is 2.25. The van der Waals surface area contributed by atoms with Crippen LogP contribution in [0, 0.1) is 18.3 Å². The van der Waals surface area contributed by atoms with Gasteiger partial charge in [-0.2, -0.15) is 10.4 Å². The average molecular weight is 479 g/mol. The SMILES string of the molecule is C=CC(=O)N1CCN(c2cc(OCc3ccccn3)cc(-c3c(C)ccc4[nH]ncc34)c2C#N)CC1. The fraction of sp³-hybridized carbons (Fsp3) is 0.214. The Bertz CT molecular complexity index is 1460. The summed E-state index contributed by atoms with van der Waals surface area (Å²) in [4.78, 5) is 20.4. The molecule has 36 heavy (non-hydrogen) atoms. The minimum atomic E-state index is -0.0782. The van der Waals surface area contributed by atoms with Gasteiger partial charge in [-0.25, -0.2) is 0 Å². The lowest BCUT2D eigenvalue weighted by molar-refractivity contribution is -0.126. The van der Waals surface area contributed by atoms with Crippen LogP contribution < -0.4 is 9.64 Å². The van der Waals surface area contributed by atoms with E-state index < -0.39 is 0 Å². The molecule has 0 bridgehead atoms. The summed E-state index contributed by atoms with van der Waals surface area (Å²) >= 11 is 0. The smallest absolute Gasteiger partial charge is 0.246 e. The molecule has 4 aromatic rings. The van der Waals surface area contributed by atoms with Gasteiger partial charge in [-0.1, -0.05) is 18.7 Å². The van der Waals surface area contributed by atoms with Crippen molar-refractivity contribution >= 4 is 22.5 Å². The molecule has 2 aromatic heterocycles. The summed E-state index contributed by atoms with van der Waals surface area (Å²) < 4.78 is 6.20. The Hall–Kier alpha value is -4.64. The number of nitriles is 1. The molecule has 1 aliphatic rings. The van der Waals surface area contributed by atoms with E-state index in [1.807, 2.05) is 49.4 Å². The van der Waals surface area contributed by atoms with E-state index in [0.717, 1.165) is 39.0 Å². The maximum absolute atomic E-state index is 12.1. The fourth-order valence-electron chi connectivity index (χ4n) is 4.67. The summed E-state index contributed by atoms with van der Waals surface area (Å²) in [6.45, 7) is 8.25. The van der Waals surface area contributed by atoms with Crippen molar-refractivity contribution in [2.75, 3.05) is 31.1 Å². The standard InChI is InChI=1S/C28H26N6O2/c1-3-27(35)34-12-10-33(11-13-34)26-15-21(36-18-20-6-4-5-9-30-20)14-22(23(26)16-29)28-19(2)7-8-25-24(28)17-31-32-25/h3-9,14-15,17H,1,10-13,18H2,2H3,(H,31,32).